The van der Waals surface area contributed by atoms with Crippen LogP contribution in [0.25, 0.3) is 10.8 Å². The Bertz CT molecular complexity index is 1240. The van der Waals surface area contributed by atoms with Crippen molar-refractivity contribution in [2.75, 3.05) is 11.1 Å². The largest absolute Gasteiger partial charge is 0.449 e. The van der Waals surface area contributed by atoms with E-state index in [4.69, 9.17) is 4.42 Å². The highest BCUT2D eigenvalue weighted by Crippen LogP contribution is 2.22. The van der Waals surface area contributed by atoms with Crippen LogP contribution in [0.3, 0.4) is 0 Å². The van der Waals surface area contributed by atoms with E-state index >= 15 is 0 Å². The molecule has 0 spiro atoms. The Hall–Kier alpha value is -3.84. The van der Waals surface area contributed by atoms with Crippen LogP contribution in [0, 0.1) is 0 Å². The summed E-state index contributed by atoms with van der Waals surface area (Å²) >= 11 is 1.28. The molecule has 0 radical (unpaired) electrons. The molecule has 1 heterocycles. The summed E-state index contributed by atoms with van der Waals surface area (Å²) in [6.07, 6.45) is 1.42. The lowest BCUT2D eigenvalue weighted by Gasteiger charge is -2.06. The maximum atomic E-state index is 12.3. The van der Waals surface area contributed by atoms with Crippen molar-refractivity contribution in [1.29, 1.82) is 0 Å². The minimum atomic E-state index is -0.302. The smallest absolute Gasteiger partial charge is 0.271 e. The second-order valence-electron chi connectivity index (χ2n) is 6.62. The number of rotatable bonds is 7. The number of hydrogen-bond donors (Lipinski definition) is 2. The van der Waals surface area contributed by atoms with Gasteiger partial charge in [0.15, 0.2) is 5.09 Å². The average Bonchev–Trinajstić information content (AvgIpc) is 3.26. The highest BCUT2D eigenvalue weighted by atomic mass is 32.2. The molecule has 0 fully saturated rings. The van der Waals surface area contributed by atoms with Crippen molar-refractivity contribution in [3.05, 3.63) is 96.3 Å². The molecule has 6 nitrogen and oxygen atoms in total. The van der Waals surface area contributed by atoms with Crippen LogP contribution in [-0.4, -0.2) is 23.8 Å². The van der Waals surface area contributed by atoms with Crippen molar-refractivity contribution in [2.45, 2.75) is 5.09 Å². The Balaban J connectivity index is 1.26. The first-order valence-corrected chi connectivity index (χ1v) is 10.6. The second-order valence-corrected chi connectivity index (χ2v) is 7.60. The van der Waals surface area contributed by atoms with Crippen molar-refractivity contribution < 1.29 is 14.0 Å². The predicted octanol–water partition coefficient (Wildman–Crippen LogP) is 4.93. The Morgan fingerprint density at radius 2 is 1.68 bits per heavy atom. The van der Waals surface area contributed by atoms with Crippen LogP contribution in [0.15, 0.2) is 99.5 Å². The molecular formula is C24H19N3O3S. The standard InChI is InChI=1S/C24H19N3O3S/c28-22(26-20-11-10-17-6-4-5-9-19(17)14-20)16-31-23-13-12-21(30-23)15-25-27-24(29)18-7-2-1-3-8-18/h1-15H,16H2,(H,26,28)(H,27,29). The molecular weight excluding hydrogens is 410 g/mol. The molecule has 7 heteroatoms. The molecule has 31 heavy (non-hydrogen) atoms. The molecule has 0 saturated heterocycles. The van der Waals surface area contributed by atoms with Gasteiger partial charge in [0.05, 0.1) is 12.0 Å². The van der Waals surface area contributed by atoms with E-state index in [1.165, 1.54) is 18.0 Å². The number of anilines is 1. The van der Waals surface area contributed by atoms with Gasteiger partial charge in [-0.2, -0.15) is 5.10 Å². The van der Waals surface area contributed by atoms with Crippen LogP contribution in [0.4, 0.5) is 5.69 Å². The zero-order valence-electron chi connectivity index (χ0n) is 16.4. The van der Waals surface area contributed by atoms with Crippen LogP contribution in [0.2, 0.25) is 0 Å². The summed E-state index contributed by atoms with van der Waals surface area (Å²) in [5, 5.41) is 9.58. The van der Waals surface area contributed by atoms with Crippen LogP contribution < -0.4 is 10.7 Å². The number of nitrogens with zero attached hydrogens (tertiary/aromatic N) is 1. The minimum Gasteiger partial charge on any atom is -0.449 e. The van der Waals surface area contributed by atoms with Gasteiger partial charge in [-0.3, -0.25) is 9.59 Å². The normalized spacial score (nSPS) is 11.0. The van der Waals surface area contributed by atoms with Crippen molar-refractivity contribution in [2.24, 2.45) is 5.10 Å². The van der Waals surface area contributed by atoms with Crippen molar-refractivity contribution in [3.8, 4) is 0 Å². The van der Waals surface area contributed by atoms with Gasteiger partial charge in [-0.15, -0.1) is 0 Å². The summed E-state index contributed by atoms with van der Waals surface area (Å²) in [7, 11) is 0. The monoisotopic (exact) mass is 429 g/mol. The van der Waals surface area contributed by atoms with Gasteiger partial charge in [-0.05, 0) is 47.2 Å². The first kappa shape index (κ1) is 20.4. The number of carbonyl (C=O) groups is 2. The molecule has 2 amide bonds. The molecule has 3 aromatic carbocycles. The SMILES string of the molecule is O=C(CSc1ccc(C=NNC(=O)c2ccccc2)o1)Nc1ccc2ccccc2c1. The Morgan fingerprint density at radius 3 is 2.52 bits per heavy atom. The average molecular weight is 430 g/mol. The summed E-state index contributed by atoms with van der Waals surface area (Å²) < 4.78 is 5.61. The molecule has 154 valence electrons. The van der Waals surface area contributed by atoms with Crippen molar-refractivity contribution in [3.63, 3.8) is 0 Å². The maximum Gasteiger partial charge on any atom is 0.271 e. The van der Waals surface area contributed by atoms with Gasteiger partial charge in [0.1, 0.15) is 5.76 Å². The molecule has 0 atom stereocenters. The van der Waals surface area contributed by atoms with Gasteiger partial charge in [0.2, 0.25) is 5.91 Å². The molecule has 0 bridgehead atoms. The molecule has 2 N–H and O–H groups in total. The van der Waals surface area contributed by atoms with Gasteiger partial charge in [0, 0.05) is 11.3 Å². The van der Waals surface area contributed by atoms with E-state index in [1.807, 2.05) is 48.5 Å². The lowest BCUT2D eigenvalue weighted by atomic mass is 10.1. The fourth-order valence-electron chi connectivity index (χ4n) is 2.89. The predicted molar refractivity (Wildman–Crippen MR) is 124 cm³/mol. The topological polar surface area (TPSA) is 83.7 Å². The quantitative estimate of drug-likeness (QED) is 0.248. The summed E-state index contributed by atoms with van der Waals surface area (Å²) in [6.45, 7) is 0. The van der Waals surface area contributed by atoms with E-state index in [-0.39, 0.29) is 17.6 Å². The van der Waals surface area contributed by atoms with Gasteiger partial charge < -0.3 is 9.73 Å². The van der Waals surface area contributed by atoms with E-state index in [0.717, 1.165) is 16.5 Å². The molecule has 0 unspecified atom stereocenters. The van der Waals surface area contributed by atoms with Crippen LogP contribution in [0.5, 0.6) is 0 Å². The lowest BCUT2D eigenvalue weighted by Crippen LogP contribution is -2.17. The number of hydrazone groups is 1. The van der Waals surface area contributed by atoms with Gasteiger partial charge in [0.25, 0.3) is 5.91 Å². The van der Waals surface area contributed by atoms with Gasteiger partial charge in [-0.25, -0.2) is 5.43 Å². The number of hydrogen-bond acceptors (Lipinski definition) is 5. The number of nitrogens with one attached hydrogen (secondary N) is 2. The number of amides is 2. The minimum absolute atomic E-state index is 0.123. The summed E-state index contributed by atoms with van der Waals surface area (Å²) in [5.41, 5.74) is 3.72. The second kappa shape index (κ2) is 9.77. The first-order chi connectivity index (χ1) is 15.2. The van der Waals surface area contributed by atoms with Crippen molar-refractivity contribution >= 4 is 46.3 Å². The Labute approximate surface area is 183 Å². The summed E-state index contributed by atoms with van der Waals surface area (Å²) in [4.78, 5) is 24.2. The summed E-state index contributed by atoms with van der Waals surface area (Å²) in [6, 6.07) is 26.1. The third-order valence-corrected chi connectivity index (χ3v) is 5.29. The van der Waals surface area contributed by atoms with E-state index in [0.29, 0.717) is 16.4 Å². The number of benzene rings is 3. The fourth-order valence-corrected chi connectivity index (χ4v) is 3.56. The third-order valence-electron chi connectivity index (χ3n) is 4.37. The van der Waals surface area contributed by atoms with Crippen LogP contribution in [-0.2, 0) is 4.79 Å². The summed E-state index contributed by atoms with van der Waals surface area (Å²) in [5.74, 6) is 0.262. The molecule has 0 aliphatic rings. The van der Waals surface area contributed by atoms with Crippen molar-refractivity contribution in [1.82, 2.24) is 5.43 Å². The number of thioether (sulfide) groups is 1. The third kappa shape index (κ3) is 5.61. The zero-order valence-corrected chi connectivity index (χ0v) is 17.3. The first-order valence-electron chi connectivity index (χ1n) is 9.57. The molecule has 1 aromatic heterocycles. The zero-order chi connectivity index (χ0) is 21.5. The molecule has 0 saturated carbocycles. The van der Waals surface area contributed by atoms with Crippen LogP contribution >= 0.6 is 11.8 Å². The highest BCUT2D eigenvalue weighted by Gasteiger charge is 2.08. The van der Waals surface area contributed by atoms with Gasteiger partial charge in [-0.1, -0.05) is 60.3 Å². The Morgan fingerprint density at radius 1 is 0.903 bits per heavy atom. The van der Waals surface area contributed by atoms with Gasteiger partial charge >= 0.3 is 0 Å². The molecule has 4 rings (SSSR count). The molecule has 0 aliphatic carbocycles. The Kier molecular flexibility index (Phi) is 6.44. The number of fused-ring (bicyclic) bond motifs is 1. The van der Waals surface area contributed by atoms with E-state index in [1.54, 1.807) is 36.4 Å². The fraction of sp³-hybridized carbons (Fsp3) is 0.0417. The lowest BCUT2D eigenvalue weighted by molar-refractivity contribution is -0.113. The number of carbonyl (C=O) groups excluding carboxylic acids is 2. The molecule has 0 aliphatic heterocycles. The maximum absolute atomic E-state index is 12.3. The van der Waals surface area contributed by atoms with E-state index in [9.17, 15) is 9.59 Å². The molecule has 4 aromatic rings. The van der Waals surface area contributed by atoms with Crippen LogP contribution in [0.1, 0.15) is 16.1 Å². The highest BCUT2D eigenvalue weighted by molar-refractivity contribution is 7.99. The van der Waals surface area contributed by atoms with E-state index < -0.39 is 0 Å². The number of furan rings is 1. The van der Waals surface area contributed by atoms with E-state index in [2.05, 4.69) is 15.8 Å².